The van der Waals surface area contributed by atoms with Crippen molar-refractivity contribution in [3.63, 3.8) is 0 Å². The predicted octanol–water partition coefficient (Wildman–Crippen LogP) is 2.20. The SMILES string of the molecule is NCCCn1cc(-c2ccc(Br)c(F)c2)nn1. The van der Waals surface area contributed by atoms with E-state index < -0.39 is 0 Å². The third-order valence-corrected chi connectivity index (χ3v) is 2.99. The molecule has 2 aromatic rings. The molecule has 2 N–H and O–H groups in total. The van der Waals surface area contributed by atoms with Gasteiger partial charge in [0, 0.05) is 12.1 Å². The minimum atomic E-state index is -0.306. The van der Waals surface area contributed by atoms with Crippen molar-refractivity contribution in [3.05, 3.63) is 34.7 Å². The Bertz CT molecular complexity index is 512. The first-order valence-corrected chi connectivity index (χ1v) is 6.05. The lowest BCUT2D eigenvalue weighted by atomic mass is 10.2. The number of aryl methyl sites for hydroxylation is 1. The van der Waals surface area contributed by atoms with Crippen molar-refractivity contribution in [3.8, 4) is 11.3 Å². The zero-order valence-electron chi connectivity index (χ0n) is 9.11. The van der Waals surface area contributed by atoms with Gasteiger partial charge >= 0.3 is 0 Å². The van der Waals surface area contributed by atoms with Crippen molar-refractivity contribution in [2.45, 2.75) is 13.0 Å². The average Bonchev–Trinajstić information content (AvgIpc) is 2.79. The van der Waals surface area contributed by atoms with Crippen LogP contribution in [0.3, 0.4) is 0 Å². The zero-order chi connectivity index (χ0) is 12.3. The van der Waals surface area contributed by atoms with E-state index in [1.54, 1.807) is 23.0 Å². The van der Waals surface area contributed by atoms with Crippen molar-refractivity contribution in [2.24, 2.45) is 5.73 Å². The quantitative estimate of drug-likeness (QED) is 0.941. The summed E-state index contributed by atoms with van der Waals surface area (Å²) >= 11 is 3.11. The lowest BCUT2D eigenvalue weighted by Crippen LogP contribution is -2.06. The number of hydrogen-bond acceptors (Lipinski definition) is 3. The minimum Gasteiger partial charge on any atom is -0.330 e. The molecule has 0 aliphatic heterocycles. The topological polar surface area (TPSA) is 56.7 Å². The van der Waals surface area contributed by atoms with Crippen LogP contribution in [0, 0.1) is 5.82 Å². The van der Waals surface area contributed by atoms with Crippen LogP contribution in [0.1, 0.15) is 6.42 Å². The van der Waals surface area contributed by atoms with Crippen LogP contribution in [-0.2, 0) is 6.54 Å². The van der Waals surface area contributed by atoms with Crippen molar-refractivity contribution in [1.29, 1.82) is 0 Å². The maximum absolute atomic E-state index is 13.4. The molecule has 0 aliphatic rings. The highest BCUT2D eigenvalue weighted by atomic mass is 79.9. The molecule has 0 fully saturated rings. The number of nitrogens with two attached hydrogens (primary N) is 1. The van der Waals surface area contributed by atoms with E-state index in [9.17, 15) is 4.39 Å². The molecule has 0 spiro atoms. The first-order chi connectivity index (χ1) is 8.20. The van der Waals surface area contributed by atoms with Gasteiger partial charge < -0.3 is 5.73 Å². The van der Waals surface area contributed by atoms with E-state index in [-0.39, 0.29) is 5.82 Å². The monoisotopic (exact) mass is 298 g/mol. The molecule has 90 valence electrons. The minimum absolute atomic E-state index is 0.306. The number of hydrogen-bond donors (Lipinski definition) is 1. The first-order valence-electron chi connectivity index (χ1n) is 5.26. The highest BCUT2D eigenvalue weighted by Crippen LogP contribution is 2.22. The van der Waals surface area contributed by atoms with Gasteiger partial charge in [0.25, 0.3) is 0 Å². The molecular weight excluding hydrogens is 287 g/mol. The molecule has 0 amide bonds. The number of halogens is 2. The van der Waals surface area contributed by atoms with Gasteiger partial charge in [-0.2, -0.15) is 0 Å². The van der Waals surface area contributed by atoms with E-state index in [1.165, 1.54) is 6.07 Å². The van der Waals surface area contributed by atoms with Crippen LogP contribution in [-0.4, -0.2) is 21.5 Å². The summed E-state index contributed by atoms with van der Waals surface area (Å²) in [5.74, 6) is -0.306. The van der Waals surface area contributed by atoms with Crippen molar-refractivity contribution >= 4 is 15.9 Å². The van der Waals surface area contributed by atoms with Gasteiger partial charge in [-0.1, -0.05) is 11.3 Å². The molecule has 0 bridgehead atoms. The molecule has 0 saturated carbocycles. The van der Waals surface area contributed by atoms with Gasteiger partial charge in [0.05, 0.1) is 10.7 Å². The highest BCUT2D eigenvalue weighted by Gasteiger charge is 2.06. The van der Waals surface area contributed by atoms with E-state index in [0.29, 0.717) is 22.3 Å². The summed E-state index contributed by atoms with van der Waals surface area (Å²) in [6, 6.07) is 4.88. The summed E-state index contributed by atoms with van der Waals surface area (Å²) in [4.78, 5) is 0. The van der Waals surface area contributed by atoms with Crippen LogP contribution in [0.15, 0.2) is 28.9 Å². The van der Waals surface area contributed by atoms with Crippen LogP contribution in [0.5, 0.6) is 0 Å². The fourth-order valence-electron chi connectivity index (χ4n) is 1.45. The summed E-state index contributed by atoms with van der Waals surface area (Å²) in [6.07, 6.45) is 2.63. The van der Waals surface area contributed by atoms with Crippen LogP contribution in [0.2, 0.25) is 0 Å². The maximum Gasteiger partial charge on any atom is 0.138 e. The highest BCUT2D eigenvalue weighted by molar-refractivity contribution is 9.10. The molecule has 1 heterocycles. The maximum atomic E-state index is 13.4. The number of rotatable bonds is 4. The lowest BCUT2D eigenvalue weighted by Gasteiger charge is -1.98. The van der Waals surface area contributed by atoms with Gasteiger partial charge in [-0.15, -0.1) is 5.10 Å². The smallest absolute Gasteiger partial charge is 0.138 e. The summed E-state index contributed by atoms with van der Waals surface area (Å²) in [6.45, 7) is 1.34. The zero-order valence-corrected chi connectivity index (χ0v) is 10.7. The van der Waals surface area contributed by atoms with Crippen LogP contribution in [0.25, 0.3) is 11.3 Å². The molecule has 0 atom stereocenters. The molecule has 1 aromatic heterocycles. The van der Waals surface area contributed by atoms with Crippen LogP contribution in [0.4, 0.5) is 4.39 Å². The molecule has 0 unspecified atom stereocenters. The molecule has 17 heavy (non-hydrogen) atoms. The molecule has 0 aliphatic carbocycles. The number of aromatic nitrogens is 3. The van der Waals surface area contributed by atoms with Crippen molar-refractivity contribution in [2.75, 3.05) is 6.54 Å². The number of nitrogens with zero attached hydrogens (tertiary/aromatic N) is 3. The Kier molecular flexibility index (Phi) is 3.86. The molecule has 0 saturated heterocycles. The Morgan fingerprint density at radius 2 is 2.24 bits per heavy atom. The molecule has 0 radical (unpaired) electrons. The fraction of sp³-hybridized carbons (Fsp3) is 0.273. The van der Waals surface area contributed by atoms with Gasteiger partial charge in [-0.3, -0.25) is 4.68 Å². The fourth-order valence-corrected chi connectivity index (χ4v) is 1.70. The second kappa shape index (κ2) is 5.37. The van der Waals surface area contributed by atoms with Gasteiger partial charge in [-0.05, 0) is 41.0 Å². The largest absolute Gasteiger partial charge is 0.330 e. The summed E-state index contributed by atoms with van der Waals surface area (Å²) < 4.78 is 15.5. The molecular formula is C11H12BrFN4. The third kappa shape index (κ3) is 2.89. The van der Waals surface area contributed by atoms with E-state index in [0.717, 1.165) is 13.0 Å². The van der Waals surface area contributed by atoms with Crippen LogP contribution < -0.4 is 5.73 Å². The Morgan fingerprint density at radius 3 is 2.94 bits per heavy atom. The summed E-state index contributed by atoms with van der Waals surface area (Å²) in [5.41, 5.74) is 6.79. The van der Waals surface area contributed by atoms with Crippen molar-refractivity contribution < 1.29 is 4.39 Å². The van der Waals surface area contributed by atoms with E-state index in [4.69, 9.17) is 5.73 Å². The Hall–Kier alpha value is -1.27. The summed E-state index contributed by atoms with van der Waals surface area (Å²) in [5, 5.41) is 7.96. The van der Waals surface area contributed by atoms with E-state index >= 15 is 0 Å². The second-order valence-electron chi connectivity index (χ2n) is 3.64. The van der Waals surface area contributed by atoms with E-state index in [1.807, 2.05) is 0 Å². The average molecular weight is 299 g/mol. The van der Waals surface area contributed by atoms with Gasteiger partial charge in [0.15, 0.2) is 0 Å². The Labute approximate surface area is 107 Å². The predicted molar refractivity (Wildman–Crippen MR) is 66.8 cm³/mol. The normalized spacial score (nSPS) is 10.8. The van der Waals surface area contributed by atoms with Crippen molar-refractivity contribution in [1.82, 2.24) is 15.0 Å². The molecule has 6 heteroatoms. The molecule has 4 nitrogen and oxygen atoms in total. The summed E-state index contributed by atoms with van der Waals surface area (Å²) in [7, 11) is 0. The van der Waals surface area contributed by atoms with E-state index in [2.05, 4.69) is 26.2 Å². The van der Waals surface area contributed by atoms with Gasteiger partial charge in [0.1, 0.15) is 11.5 Å². The third-order valence-electron chi connectivity index (χ3n) is 2.35. The lowest BCUT2D eigenvalue weighted by molar-refractivity contribution is 0.564. The first kappa shape index (κ1) is 12.2. The van der Waals surface area contributed by atoms with Gasteiger partial charge in [-0.25, -0.2) is 4.39 Å². The van der Waals surface area contributed by atoms with Gasteiger partial charge in [0.2, 0.25) is 0 Å². The Morgan fingerprint density at radius 1 is 1.41 bits per heavy atom. The number of benzene rings is 1. The van der Waals surface area contributed by atoms with Crippen LogP contribution >= 0.6 is 15.9 Å². The Balaban J connectivity index is 2.21. The standard InChI is InChI=1S/C11H12BrFN4/c12-9-3-2-8(6-10(9)13)11-7-17(16-15-11)5-1-4-14/h2-3,6-7H,1,4-5,14H2. The molecule has 1 aromatic carbocycles. The molecule has 2 rings (SSSR count). The second-order valence-corrected chi connectivity index (χ2v) is 4.49.